The fourth-order valence-corrected chi connectivity index (χ4v) is 3.42. The third-order valence-corrected chi connectivity index (χ3v) is 4.95. The number of nitrogens with one attached hydrogen (secondary N) is 1. The summed E-state index contributed by atoms with van der Waals surface area (Å²) in [5, 5.41) is 3.26. The van der Waals surface area contributed by atoms with Gasteiger partial charge < -0.3 is 15.5 Å². The predicted molar refractivity (Wildman–Crippen MR) is 117 cm³/mol. The summed E-state index contributed by atoms with van der Waals surface area (Å²) in [6.07, 6.45) is 5.85. The van der Waals surface area contributed by atoms with Gasteiger partial charge >= 0.3 is 5.84 Å². The van der Waals surface area contributed by atoms with E-state index in [4.69, 9.17) is 10.2 Å². The number of hydrogen-bond acceptors (Lipinski definition) is 6. The van der Waals surface area contributed by atoms with E-state index in [0.717, 1.165) is 23.4 Å². The van der Waals surface area contributed by atoms with Crippen LogP contribution in [0.15, 0.2) is 77.7 Å². The number of imidazole rings is 1. The molecule has 2 aromatic carbocycles. The molecule has 0 amide bonds. The lowest BCUT2D eigenvalue weighted by Crippen LogP contribution is -2.08. The van der Waals surface area contributed by atoms with Crippen LogP contribution in [0.3, 0.4) is 0 Å². The van der Waals surface area contributed by atoms with Crippen molar-refractivity contribution >= 4 is 17.5 Å². The molecule has 7 nitrogen and oxygen atoms in total. The lowest BCUT2D eigenvalue weighted by atomic mass is 10.1. The van der Waals surface area contributed by atoms with E-state index in [2.05, 4.69) is 20.3 Å². The first-order valence-corrected chi connectivity index (χ1v) is 9.80. The molecule has 31 heavy (non-hydrogen) atoms. The van der Waals surface area contributed by atoms with Gasteiger partial charge in [0.2, 0.25) is 5.95 Å². The minimum Gasteiger partial charge on any atom is -0.432 e. The SMILES string of the molecule is Nc1ccc(CCNc2nccc(-c3c(-c4ccc(F)cc4)nc4occn34)n2)cc1. The number of anilines is 2. The smallest absolute Gasteiger partial charge is 0.306 e. The molecule has 3 aromatic heterocycles. The van der Waals surface area contributed by atoms with Crippen molar-refractivity contribution in [2.45, 2.75) is 6.42 Å². The van der Waals surface area contributed by atoms with Crippen LogP contribution in [-0.4, -0.2) is 25.9 Å². The molecule has 0 bridgehead atoms. The topological polar surface area (TPSA) is 94.3 Å². The van der Waals surface area contributed by atoms with E-state index >= 15 is 0 Å². The lowest BCUT2D eigenvalue weighted by Gasteiger charge is -2.08. The second-order valence-corrected chi connectivity index (χ2v) is 7.06. The number of aromatic nitrogens is 4. The Morgan fingerprint density at radius 1 is 1.00 bits per heavy atom. The number of fused-ring (bicyclic) bond motifs is 1. The van der Waals surface area contributed by atoms with Gasteiger partial charge in [-0.25, -0.2) is 14.4 Å². The number of nitrogen functional groups attached to an aromatic ring is 1. The molecule has 0 aliphatic carbocycles. The Balaban J connectivity index is 1.44. The fraction of sp³-hybridized carbons (Fsp3) is 0.0870. The molecule has 0 atom stereocenters. The molecule has 0 aliphatic heterocycles. The zero-order valence-electron chi connectivity index (χ0n) is 16.5. The molecule has 0 fully saturated rings. The van der Waals surface area contributed by atoms with Crippen molar-refractivity contribution in [1.82, 2.24) is 19.4 Å². The predicted octanol–water partition coefficient (Wildman–Crippen LogP) is 4.43. The summed E-state index contributed by atoms with van der Waals surface area (Å²) in [7, 11) is 0. The molecule has 3 N–H and O–H groups in total. The molecule has 154 valence electrons. The van der Waals surface area contributed by atoms with Gasteiger partial charge in [0.15, 0.2) is 0 Å². The number of nitrogens with zero attached hydrogens (tertiary/aromatic N) is 4. The van der Waals surface area contributed by atoms with Crippen LogP contribution in [0.2, 0.25) is 0 Å². The maximum Gasteiger partial charge on any atom is 0.306 e. The average molecular weight is 414 g/mol. The summed E-state index contributed by atoms with van der Waals surface area (Å²) in [4.78, 5) is 13.6. The highest BCUT2D eigenvalue weighted by molar-refractivity contribution is 5.79. The molecule has 0 radical (unpaired) electrons. The zero-order chi connectivity index (χ0) is 21.2. The Hall–Kier alpha value is -4.20. The quantitative estimate of drug-likeness (QED) is 0.399. The Morgan fingerprint density at radius 3 is 2.61 bits per heavy atom. The number of oxazole rings is 1. The fourth-order valence-electron chi connectivity index (χ4n) is 3.42. The second kappa shape index (κ2) is 7.91. The van der Waals surface area contributed by atoms with Crippen molar-refractivity contribution in [2.24, 2.45) is 0 Å². The number of benzene rings is 2. The van der Waals surface area contributed by atoms with Gasteiger partial charge in [0.1, 0.15) is 23.5 Å². The van der Waals surface area contributed by atoms with Crippen molar-refractivity contribution in [3.8, 4) is 22.6 Å². The van der Waals surface area contributed by atoms with Crippen LogP contribution in [0, 0.1) is 5.82 Å². The highest BCUT2D eigenvalue weighted by Gasteiger charge is 2.19. The van der Waals surface area contributed by atoms with Gasteiger partial charge in [0.25, 0.3) is 0 Å². The van der Waals surface area contributed by atoms with Gasteiger partial charge in [-0.15, -0.1) is 0 Å². The second-order valence-electron chi connectivity index (χ2n) is 7.06. The van der Waals surface area contributed by atoms with Gasteiger partial charge in [-0.3, -0.25) is 4.40 Å². The van der Waals surface area contributed by atoms with E-state index in [1.807, 2.05) is 34.7 Å². The van der Waals surface area contributed by atoms with E-state index in [0.29, 0.717) is 29.7 Å². The number of nitrogens with two attached hydrogens (primary N) is 1. The van der Waals surface area contributed by atoms with Gasteiger partial charge in [-0.2, -0.15) is 4.98 Å². The highest BCUT2D eigenvalue weighted by Crippen LogP contribution is 2.32. The Morgan fingerprint density at radius 2 is 1.81 bits per heavy atom. The molecule has 5 aromatic rings. The van der Waals surface area contributed by atoms with E-state index in [1.165, 1.54) is 17.7 Å². The van der Waals surface area contributed by atoms with Crippen molar-refractivity contribution < 1.29 is 8.81 Å². The van der Waals surface area contributed by atoms with Crippen molar-refractivity contribution in [2.75, 3.05) is 17.6 Å². The third-order valence-electron chi connectivity index (χ3n) is 4.95. The molecule has 0 saturated carbocycles. The highest BCUT2D eigenvalue weighted by atomic mass is 19.1. The van der Waals surface area contributed by atoms with Crippen LogP contribution in [0.1, 0.15) is 5.56 Å². The van der Waals surface area contributed by atoms with Crippen molar-refractivity contribution in [3.05, 3.63) is 84.6 Å². The van der Waals surface area contributed by atoms with E-state index in [1.54, 1.807) is 30.8 Å². The van der Waals surface area contributed by atoms with Crippen LogP contribution in [0.25, 0.3) is 28.5 Å². The molecule has 3 heterocycles. The van der Waals surface area contributed by atoms with E-state index in [-0.39, 0.29) is 5.82 Å². The Bertz CT molecular complexity index is 1320. The summed E-state index contributed by atoms with van der Waals surface area (Å²) in [6, 6.07) is 15.8. The van der Waals surface area contributed by atoms with Gasteiger partial charge in [-0.05, 0) is 54.4 Å². The maximum atomic E-state index is 13.4. The van der Waals surface area contributed by atoms with E-state index < -0.39 is 0 Å². The minimum atomic E-state index is -0.303. The maximum absolute atomic E-state index is 13.4. The normalized spacial score (nSPS) is 11.1. The lowest BCUT2D eigenvalue weighted by molar-refractivity contribution is 0.596. The number of hydrogen-bond donors (Lipinski definition) is 2. The Labute approximate surface area is 177 Å². The van der Waals surface area contributed by atoms with Crippen LogP contribution in [0.5, 0.6) is 0 Å². The van der Waals surface area contributed by atoms with Gasteiger partial charge in [-0.1, -0.05) is 12.1 Å². The van der Waals surface area contributed by atoms with Crippen molar-refractivity contribution in [1.29, 1.82) is 0 Å². The van der Waals surface area contributed by atoms with Crippen LogP contribution in [0.4, 0.5) is 16.0 Å². The van der Waals surface area contributed by atoms with Crippen LogP contribution >= 0.6 is 0 Å². The van der Waals surface area contributed by atoms with Gasteiger partial charge in [0.05, 0.1) is 5.69 Å². The monoisotopic (exact) mass is 414 g/mol. The van der Waals surface area contributed by atoms with Gasteiger partial charge in [0, 0.05) is 30.2 Å². The zero-order valence-corrected chi connectivity index (χ0v) is 16.5. The standard InChI is InChI=1S/C23H19FN6O/c24-17-5-3-16(4-6-17)20-21(30-13-14-31-23(30)29-20)19-10-12-27-22(28-19)26-11-9-15-1-7-18(25)8-2-15/h1-8,10,12-14H,9,11,25H2,(H,26,27,28). The summed E-state index contributed by atoms with van der Waals surface area (Å²) >= 11 is 0. The third kappa shape index (κ3) is 3.83. The van der Waals surface area contributed by atoms with Crippen LogP contribution < -0.4 is 11.1 Å². The molecular weight excluding hydrogens is 395 g/mol. The Kier molecular flexibility index (Phi) is 4.80. The first-order chi connectivity index (χ1) is 15.2. The molecule has 0 aliphatic rings. The molecule has 5 rings (SSSR count). The summed E-state index contributed by atoms with van der Waals surface area (Å²) in [6.45, 7) is 0.672. The van der Waals surface area contributed by atoms with Crippen molar-refractivity contribution in [3.63, 3.8) is 0 Å². The van der Waals surface area contributed by atoms with Crippen LogP contribution in [-0.2, 0) is 6.42 Å². The first kappa shape index (κ1) is 18.8. The molecule has 8 heteroatoms. The summed E-state index contributed by atoms with van der Waals surface area (Å²) in [5.41, 5.74) is 10.5. The average Bonchev–Trinajstić information content (AvgIpc) is 3.37. The molecule has 0 saturated heterocycles. The van der Waals surface area contributed by atoms with E-state index in [9.17, 15) is 4.39 Å². The minimum absolute atomic E-state index is 0.303. The summed E-state index contributed by atoms with van der Waals surface area (Å²) in [5.74, 6) is 0.644. The number of rotatable bonds is 6. The molecular formula is C23H19FN6O. The summed E-state index contributed by atoms with van der Waals surface area (Å²) < 4.78 is 20.7. The first-order valence-electron chi connectivity index (χ1n) is 9.80. The number of halogens is 1. The molecule has 0 unspecified atom stereocenters. The molecule has 0 spiro atoms. The largest absolute Gasteiger partial charge is 0.432 e.